The van der Waals surface area contributed by atoms with Crippen molar-refractivity contribution in [2.75, 3.05) is 25.6 Å². The number of aromatic nitrogens is 2. The Morgan fingerprint density at radius 1 is 1.00 bits per heavy atom. The number of hydrogen-bond acceptors (Lipinski definition) is 6. The summed E-state index contributed by atoms with van der Waals surface area (Å²) < 4.78 is 1.52. The first-order chi connectivity index (χ1) is 12.5. The molecular weight excluding hydrogens is 330 g/mol. The van der Waals surface area contributed by atoms with Gasteiger partial charge in [-0.2, -0.15) is 5.11 Å². The molecule has 8 nitrogen and oxygen atoms in total. The summed E-state index contributed by atoms with van der Waals surface area (Å²) in [6.07, 6.45) is 0. The van der Waals surface area contributed by atoms with Crippen molar-refractivity contribution in [3.63, 3.8) is 0 Å². The molecule has 1 aromatic heterocycles. The highest BCUT2D eigenvalue weighted by Crippen LogP contribution is 2.32. The molecule has 1 amide bonds. The van der Waals surface area contributed by atoms with E-state index in [9.17, 15) is 4.79 Å². The van der Waals surface area contributed by atoms with Crippen molar-refractivity contribution >= 4 is 28.9 Å². The zero-order chi connectivity index (χ0) is 18.7. The number of hydrogen-bond donors (Lipinski definition) is 2. The summed E-state index contributed by atoms with van der Waals surface area (Å²) >= 11 is 0. The van der Waals surface area contributed by atoms with Gasteiger partial charge in [-0.15, -0.1) is 10.2 Å². The Balaban J connectivity index is 1.85. The van der Waals surface area contributed by atoms with E-state index >= 15 is 0 Å². The number of nitrogens with zero attached hydrogens (tertiary/aromatic N) is 5. The van der Waals surface area contributed by atoms with Crippen LogP contribution in [-0.2, 0) is 0 Å². The quantitative estimate of drug-likeness (QED) is 0.704. The van der Waals surface area contributed by atoms with Crippen LogP contribution in [-0.4, -0.2) is 34.7 Å². The number of amides is 1. The van der Waals surface area contributed by atoms with E-state index in [1.54, 1.807) is 38.4 Å². The molecule has 0 spiro atoms. The Labute approximate surface area is 150 Å². The van der Waals surface area contributed by atoms with Crippen LogP contribution in [0, 0.1) is 0 Å². The lowest BCUT2D eigenvalue weighted by Gasteiger charge is -2.09. The SMILES string of the molecule is CN(C)C(=O)c1ccc(N=Nc2c(N)nn(-c3ccccc3)c2N)cc1. The second-order valence-corrected chi connectivity index (χ2v) is 5.81. The van der Waals surface area contributed by atoms with E-state index in [-0.39, 0.29) is 11.7 Å². The second-order valence-electron chi connectivity index (χ2n) is 5.81. The van der Waals surface area contributed by atoms with Crippen molar-refractivity contribution in [2.24, 2.45) is 10.2 Å². The minimum absolute atomic E-state index is 0.0777. The summed E-state index contributed by atoms with van der Waals surface area (Å²) in [4.78, 5) is 13.4. The fourth-order valence-electron chi connectivity index (χ4n) is 2.35. The lowest BCUT2D eigenvalue weighted by Crippen LogP contribution is -2.21. The first-order valence-electron chi connectivity index (χ1n) is 7.90. The van der Waals surface area contributed by atoms with E-state index in [1.807, 2.05) is 30.3 Å². The maximum Gasteiger partial charge on any atom is 0.253 e. The van der Waals surface area contributed by atoms with Crippen LogP contribution < -0.4 is 11.5 Å². The molecule has 3 rings (SSSR count). The van der Waals surface area contributed by atoms with E-state index in [2.05, 4.69) is 15.3 Å². The standard InChI is InChI=1S/C18H19N7O/c1-24(2)18(26)12-8-10-13(11-9-12)21-22-15-16(19)23-25(17(15)20)14-6-4-3-5-7-14/h3-11H,20H2,1-2H3,(H2,19,23). The molecule has 0 unspecified atom stereocenters. The maximum absolute atomic E-state index is 11.9. The highest BCUT2D eigenvalue weighted by atomic mass is 16.2. The van der Waals surface area contributed by atoms with Gasteiger partial charge in [-0.25, -0.2) is 4.68 Å². The zero-order valence-electron chi connectivity index (χ0n) is 14.5. The first kappa shape index (κ1) is 17.2. The number of benzene rings is 2. The van der Waals surface area contributed by atoms with Gasteiger partial charge in [0.2, 0.25) is 0 Å². The Morgan fingerprint density at radius 2 is 1.65 bits per heavy atom. The van der Waals surface area contributed by atoms with E-state index < -0.39 is 0 Å². The molecular formula is C18H19N7O. The van der Waals surface area contributed by atoms with Gasteiger partial charge in [0, 0.05) is 19.7 Å². The topological polar surface area (TPSA) is 115 Å². The number of azo groups is 1. The molecule has 0 aliphatic carbocycles. The molecule has 0 atom stereocenters. The molecule has 1 heterocycles. The Bertz CT molecular complexity index is 944. The molecule has 3 aromatic rings. The summed E-state index contributed by atoms with van der Waals surface area (Å²) in [6.45, 7) is 0. The van der Waals surface area contributed by atoms with Gasteiger partial charge in [0.1, 0.15) is 0 Å². The summed E-state index contributed by atoms with van der Waals surface area (Å²) in [7, 11) is 3.40. The van der Waals surface area contributed by atoms with Crippen molar-refractivity contribution in [1.82, 2.24) is 14.7 Å². The van der Waals surface area contributed by atoms with Crippen LogP contribution in [0.25, 0.3) is 5.69 Å². The molecule has 0 radical (unpaired) electrons. The van der Waals surface area contributed by atoms with Gasteiger partial charge >= 0.3 is 0 Å². The largest absolute Gasteiger partial charge is 0.382 e. The van der Waals surface area contributed by atoms with Gasteiger partial charge in [-0.3, -0.25) is 4.79 Å². The molecule has 0 bridgehead atoms. The molecule has 8 heteroatoms. The van der Waals surface area contributed by atoms with Gasteiger partial charge in [-0.1, -0.05) is 18.2 Å². The van der Waals surface area contributed by atoms with Crippen LogP contribution in [0.5, 0.6) is 0 Å². The van der Waals surface area contributed by atoms with Crippen LogP contribution >= 0.6 is 0 Å². The van der Waals surface area contributed by atoms with E-state index in [0.29, 0.717) is 22.8 Å². The summed E-state index contributed by atoms with van der Waals surface area (Å²) in [6, 6.07) is 16.2. The number of nitrogen functional groups attached to an aromatic ring is 2. The predicted molar refractivity (Wildman–Crippen MR) is 101 cm³/mol. The van der Waals surface area contributed by atoms with E-state index in [4.69, 9.17) is 11.5 Å². The molecule has 26 heavy (non-hydrogen) atoms. The van der Waals surface area contributed by atoms with Crippen LogP contribution in [0.2, 0.25) is 0 Å². The van der Waals surface area contributed by atoms with Gasteiger partial charge in [0.25, 0.3) is 5.91 Å². The van der Waals surface area contributed by atoms with Crippen molar-refractivity contribution < 1.29 is 4.79 Å². The first-order valence-corrected chi connectivity index (χ1v) is 7.90. The van der Waals surface area contributed by atoms with E-state index in [0.717, 1.165) is 5.69 Å². The third kappa shape index (κ3) is 3.39. The van der Waals surface area contributed by atoms with Crippen molar-refractivity contribution in [1.29, 1.82) is 0 Å². The van der Waals surface area contributed by atoms with Crippen LogP contribution in [0.15, 0.2) is 64.8 Å². The highest BCUT2D eigenvalue weighted by Gasteiger charge is 2.14. The van der Waals surface area contributed by atoms with Crippen LogP contribution in [0.3, 0.4) is 0 Å². The average Bonchev–Trinajstić information content (AvgIpc) is 2.94. The van der Waals surface area contributed by atoms with Gasteiger partial charge in [0.05, 0.1) is 11.4 Å². The molecule has 2 aromatic carbocycles. The van der Waals surface area contributed by atoms with Crippen molar-refractivity contribution in [3.8, 4) is 5.69 Å². The normalized spacial score (nSPS) is 11.0. The van der Waals surface area contributed by atoms with E-state index in [1.165, 1.54) is 9.58 Å². The molecule has 0 fully saturated rings. The molecule has 0 saturated heterocycles. The monoisotopic (exact) mass is 349 g/mol. The second kappa shape index (κ2) is 7.06. The third-order valence-corrected chi connectivity index (χ3v) is 3.71. The van der Waals surface area contributed by atoms with Gasteiger partial charge < -0.3 is 16.4 Å². The van der Waals surface area contributed by atoms with Crippen molar-refractivity contribution in [2.45, 2.75) is 0 Å². The average molecular weight is 349 g/mol. The van der Waals surface area contributed by atoms with Crippen LogP contribution in [0.1, 0.15) is 10.4 Å². The number of para-hydroxylation sites is 1. The number of nitrogens with two attached hydrogens (primary N) is 2. The fourth-order valence-corrected chi connectivity index (χ4v) is 2.35. The van der Waals surface area contributed by atoms with Gasteiger partial charge in [-0.05, 0) is 36.4 Å². The lowest BCUT2D eigenvalue weighted by atomic mass is 10.2. The Kier molecular flexibility index (Phi) is 4.66. The number of carbonyl (C=O) groups is 1. The van der Waals surface area contributed by atoms with Gasteiger partial charge in [0.15, 0.2) is 17.3 Å². The molecule has 0 saturated carbocycles. The molecule has 0 aliphatic rings. The van der Waals surface area contributed by atoms with Crippen LogP contribution in [0.4, 0.5) is 23.0 Å². The lowest BCUT2D eigenvalue weighted by molar-refractivity contribution is 0.0827. The molecule has 132 valence electrons. The minimum Gasteiger partial charge on any atom is -0.382 e. The van der Waals surface area contributed by atoms with Crippen molar-refractivity contribution in [3.05, 3.63) is 60.2 Å². The number of rotatable bonds is 4. The highest BCUT2D eigenvalue weighted by molar-refractivity contribution is 5.94. The maximum atomic E-state index is 11.9. The number of carbonyl (C=O) groups excluding carboxylic acids is 1. The predicted octanol–water partition coefficient (Wildman–Crippen LogP) is 3.15. The number of anilines is 2. The third-order valence-electron chi connectivity index (χ3n) is 3.71. The summed E-state index contributed by atoms with van der Waals surface area (Å²) in [5, 5.41) is 12.5. The summed E-state index contributed by atoms with van der Waals surface area (Å²) in [5.41, 5.74) is 14.3. The Hall–Kier alpha value is -3.68. The Morgan fingerprint density at radius 3 is 2.27 bits per heavy atom. The smallest absolute Gasteiger partial charge is 0.253 e. The minimum atomic E-state index is -0.0777. The zero-order valence-corrected chi connectivity index (χ0v) is 14.5. The molecule has 4 N–H and O–H groups in total. The summed E-state index contributed by atoms with van der Waals surface area (Å²) in [5.74, 6) is 0.414. The molecule has 0 aliphatic heterocycles. The fraction of sp³-hybridized carbons (Fsp3) is 0.111.